The number of rotatable bonds is 5. The topological polar surface area (TPSA) is 82.5 Å². The van der Waals surface area contributed by atoms with Crippen LogP contribution in [0.25, 0.3) is 0 Å². The van der Waals surface area contributed by atoms with E-state index in [1.807, 2.05) is 12.1 Å². The van der Waals surface area contributed by atoms with E-state index in [4.69, 9.17) is 5.11 Å². The molecule has 0 aliphatic carbocycles. The maximum absolute atomic E-state index is 12.0. The van der Waals surface area contributed by atoms with Gasteiger partial charge in [-0.2, -0.15) is 0 Å². The SMILES string of the molecule is O=C(O)CC1CCN(C(=O)NCCc2ccncc2)CC1. The number of pyridine rings is 1. The van der Waals surface area contributed by atoms with Crippen LogP contribution in [0, 0.1) is 5.92 Å². The third-order valence-electron chi connectivity index (χ3n) is 3.80. The zero-order valence-corrected chi connectivity index (χ0v) is 12.0. The van der Waals surface area contributed by atoms with Crippen LogP contribution in [0.15, 0.2) is 24.5 Å². The Labute approximate surface area is 124 Å². The van der Waals surface area contributed by atoms with Gasteiger partial charge in [0.2, 0.25) is 0 Å². The summed E-state index contributed by atoms with van der Waals surface area (Å²) < 4.78 is 0. The van der Waals surface area contributed by atoms with Gasteiger partial charge in [-0.3, -0.25) is 9.78 Å². The zero-order valence-electron chi connectivity index (χ0n) is 12.0. The number of amides is 2. The molecule has 2 heterocycles. The summed E-state index contributed by atoms with van der Waals surface area (Å²) in [7, 11) is 0. The van der Waals surface area contributed by atoms with E-state index in [1.165, 1.54) is 0 Å². The van der Waals surface area contributed by atoms with E-state index in [9.17, 15) is 9.59 Å². The molecule has 0 bridgehead atoms. The first-order chi connectivity index (χ1) is 10.1. The lowest BCUT2D eigenvalue weighted by molar-refractivity contribution is -0.138. The maximum Gasteiger partial charge on any atom is 0.317 e. The van der Waals surface area contributed by atoms with Crippen molar-refractivity contribution in [2.45, 2.75) is 25.7 Å². The molecule has 1 fully saturated rings. The number of carboxylic acids is 1. The highest BCUT2D eigenvalue weighted by atomic mass is 16.4. The molecule has 1 aromatic heterocycles. The molecule has 6 nitrogen and oxygen atoms in total. The molecule has 0 atom stereocenters. The summed E-state index contributed by atoms with van der Waals surface area (Å²) in [5.41, 5.74) is 1.14. The van der Waals surface area contributed by atoms with Crippen molar-refractivity contribution in [3.05, 3.63) is 30.1 Å². The van der Waals surface area contributed by atoms with Gasteiger partial charge in [-0.25, -0.2) is 4.79 Å². The minimum atomic E-state index is -0.754. The van der Waals surface area contributed by atoms with Gasteiger partial charge < -0.3 is 15.3 Å². The second-order valence-corrected chi connectivity index (χ2v) is 5.37. The molecule has 2 rings (SSSR count). The zero-order chi connectivity index (χ0) is 15.1. The van der Waals surface area contributed by atoms with Gasteiger partial charge in [0.25, 0.3) is 0 Å². The van der Waals surface area contributed by atoms with Crippen molar-refractivity contribution in [3.63, 3.8) is 0 Å². The fraction of sp³-hybridized carbons (Fsp3) is 0.533. The number of carboxylic acid groups (broad SMARTS) is 1. The van der Waals surface area contributed by atoms with Crippen LogP contribution in [-0.4, -0.2) is 46.6 Å². The van der Waals surface area contributed by atoms with Crippen LogP contribution in [0.3, 0.4) is 0 Å². The predicted molar refractivity (Wildman–Crippen MR) is 77.9 cm³/mol. The number of nitrogens with zero attached hydrogens (tertiary/aromatic N) is 2. The summed E-state index contributed by atoms with van der Waals surface area (Å²) in [6.07, 6.45) is 6.00. The number of nitrogens with one attached hydrogen (secondary N) is 1. The Morgan fingerprint density at radius 2 is 1.95 bits per heavy atom. The standard InChI is InChI=1S/C15H21N3O3/c19-14(20)11-13-4-9-18(10-5-13)15(21)17-8-3-12-1-6-16-7-2-12/h1-2,6-7,13H,3-5,8-11H2,(H,17,21)(H,19,20). The highest BCUT2D eigenvalue weighted by molar-refractivity contribution is 5.74. The lowest BCUT2D eigenvalue weighted by Gasteiger charge is -2.31. The fourth-order valence-corrected chi connectivity index (χ4v) is 2.56. The smallest absolute Gasteiger partial charge is 0.317 e. The number of likely N-dealkylation sites (tertiary alicyclic amines) is 1. The van der Waals surface area contributed by atoms with Crippen molar-refractivity contribution in [2.24, 2.45) is 5.92 Å². The fourth-order valence-electron chi connectivity index (χ4n) is 2.56. The van der Waals surface area contributed by atoms with E-state index in [0.717, 1.165) is 24.8 Å². The number of hydrogen-bond acceptors (Lipinski definition) is 3. The van der Waals surface area contributed by atoms with Gasteiger partial charge in [-0.15, -0.1) is 0 Å². The van der Waals surface area contributed by atoms with Crippen LogP contribution in [0.1, 0.15) is 24.8 Å². The van der Waals surface area contributed by atoms with Crippen LogP contribution < -0.4 is 5.32 Å². The quantitative estimate of drug-likeness (QED) is 0.861. The number of aliphatic carboxylic acids is 1. The molecule has 21 heavy (non-hydrogen) atoms. The molecular weight excluding hydrogens is 270 g/mol. The van der Waals surface area contributed by atoms with Crippen LogP contribution in [0.2, 0.25) is 0 Å². The Hall–Kier alpha value is -2.11. The predicted octanol–water partition coefficient (Wildman–Crippen LogP) is 1.52. The van der Waals surface area contributed by atoms with Gasteiger partial charge in [0, 0.05) is 38.4 Å². The summed E-state index contributed by atoms with van der Waals surface area (Å²) in [6, 6.07) is 3.81. The van der Waals surface area contributed by atoms with Crippen LogP contribution in [0.5, 0.6) is 0 Å². The van der Waals surface area contributed by atoms with Crippen LogP contribution in [0.4, 0.5) is 4.79 Å². The number of carbonyl (C=O) groups is 2. The number of hydrogen-bond donors (Lipinski definition) is 2. The molecule has 0 aromatic carbocycles. The van der Waals surface area contributed by atoms with Gasteiger partial charge in [-0.1, -0.05) is 0 Å². The molecule has 1 aromatic rings. The van der Waals surface area contributed by atoms with Gasteiger partial charge in [0.05, 0.1) is 0 Å². The number of urea groups is 1. The highest BCUT2D eigenvalue weighted by Crippen LogP contribution is 2.20. The van der Waals surface area contributed by atoms with E-state index in [2.05, 4.69) is 10.3 Å². The second kappa shape index (κ2) is 7.61. The molecule has 1 aliphatic heterocycles. The van der Waals surface area contributed by atoms with Crippen molar-refractivity contribution in [2.75, 3.05) is 19.6 Å². The molecule has 1 aliphatic rings. The molecule has 1 saturated heterocycles. The van der Waals surface area contributed by atoms with E-state index >= 15 is 0 Å². The minimum Gasteiger partial charge on any atom is -0.481 e. The van der Waals surface area contributed by atoms with Crippen molar-refractivity contribution in [3.8, 4) is 0 Å². The Morgan fingerprint density at radius 1 is 1.29 bits per heavy atom. The lowest BCUT2D eigenvalue weighted by Crippen LogP contribution is -2.45. The normalized spacial score (nSPS) is 15.7. The first-order valence-electron chi connectivity index (χ1n) is 7.28. The van der Waals surface area contributed by atoms with Gasteiger partial charge in [-0.05, 0) is 42.9 Å². The molecule has 2 N–H and O–H groups in total. The maximum atomic E-state index is 12.0. The Balaban J connectivity index is 1.67. The summed E-state index contributed by atoms with van der Waals surface area (Å²) in [6.45, 7) is 1.87. The molecule has 114 valence electrons. The first-order valence-corrected chi connectivity index (χ1v) is 7.28. The van der Waals surface area contributed by atoms with E-state index in [0.29, 0.717) is 19.6 Å². The molecule has 0 unspecified atom stereocenters. The summed E-state index contributed by atoms with van der Waals surface area (Å²) in [5, 5.41) is 11.7. The lowest BCUT2D eigenvalue weighted by atomic mass is 9.94. The number of piperidine rings is 1. The Bertz CT molecular complexity index is 470. The molecule has 6 heteroatoms. The van der Waals surface area contributed by atoms with E-state index in [1.54, 1.807) is 17.3 Å². The van der Waals surface area contributed by atoms with Crippen LogP contribution in [-0.2, 0) is 11.2 Å². The van der Waals surface area contributed by atoms with Crippen LogP contribution >= 0.6 is 0 Å². The molecule has 0 radical (unpaired) electrons. The monoisotopic (exact) mass is 291 g/mol. The van der Waals surface area contributed by atoms with Crippen molar-refractivity contribution in [1.82, 2.24) is 15.2 Å². The van der Waals surface area contributed by atoms with Crippen molar-refractivity contribution < 1.29 is 14.7 Å². The molecule has 0 saturated carbocycles. The largest absolute Gasteiger partial charge is 0.481 e. The van der Waals surface area contributed by atoms with Gasteiger partial charge in [0.15, 0.2) is 0 Å². The van der Waals surface area contributed by atoms with Crippen molar-refractivity contribution in [1.29, 1.82) is 0 Å². The first kappa shape index (κ1) is 15.3. The van der Waals surface area contributed by atoms with Gasteiger partial charge >= 0.3 is 12.0 Å². The van der Waals surface area contributed by atoms with Gasteiger partial charge in [0.1, 0.15) is 0 Å². The average Bonchev–Trinajstić information content (AvgIpc) is 2.48. The second-order valence-electron chi connectivity index (χ2n) is 5.37. The summed E-state index contributed by atoms with van der Waals surface area (Å²) in [5.74, 6) is -0.557. The summed E-state index contributed by atoms with van der Waals surface area (Å²) in [4.78, 5) is 28.4. The van der Waals surface area contributed by atoms with E-state index in [-0.39, 0.29) is 18.4 Å². The Morgan fingerprint density at radius 3 is 2.57 bits per heavy atom. The Kier molecular flexibility index (Phi) is 5.54. The third kappa shape index (κ3) is 5.06. The minimum absolute atomic E-state index is 0.0576. The van der Waals surface area contributed by atoms with Crippen molar-refractivity contribution >= 4 is 12.0 Å². The average molecular weight is 291 g/mol. The molecular formula is C15H21N3O3. The molecule has 0 spiro atoms. The third-order valence-corrected chi connectivity index (χ3v) is 3.80. The summed E-state index contributed by atoms with van der Waals surface area (Å²) >= 11 is 0. The highest BCUT2D eigenvalue weighted by Gasteiger charge is 2.23. The van der Waals surface area contributed by atoms with E-state index < -0.39 is 5.97 Å². The number of aromatic nitrogens is 1. The number of carbonyl (C=O) groups excluding carboxylic acids is 1. The molecule has 2 amide bonds.